The Morgan fingerprint density at radius 3 is 2.80 bits per heavy atom. The lowest BCUT2D eigenvalue weighted by Gasteiger charge is -2.11. The average Bonchev–Trinajstić information content (AvgIpc) is 3.07. The Balaban J connectivity index is 1.45. The second-order valence-electron chi connectivity index (χ2n) is 6.61. The van der Waals surface area contributed by atoms with Gasteiger partial charge in [-0.05, 0) is 38.1 Å². The van der Waals surface area contributed by atoms with Crippen LogP contribution in [-0.4, -0.2) is 30.5 Å². The number of carbonyl (C=O) groups is 1. The van der Waals surface area contributed by atoms with Crippen molar-refractivity contribution in [2.24, 2.45) is 0 Å². The normalized spacial score (nSPS) is 10.9. The molecule has 1 aromatic carbocycles. The molecular weight excluding hydrogens is 450 g/mol. The molecule has 4 rings (SSSR count). The molecule has 0 aliphatic carbocycles. The summed E-state index contributed by atoms with van der Waals surface area (Å²) in [6.07, 6.45) is 1.68. The van der Waals surface area contributed by atoms with Crippen molar-refractivity contribution in [1.82, 2.24) is 24.6 Å². The second kappa shape index (κ2) is 8.07. The molecule has 3 N–H and O–H groups in total. The van der Waals surface area contributed by atoms with Gasteiger partial charge >= 0.3 is 0 Å². The van der Waals surface area contributed by atoms with Gasteiger partial charge in [-0.25, -0.2) is 9.97 Å². The summed E-state index contributed by atoms with van der Waals surface area (Å²) >= 11 is 3.40. The molecule has 3 aromatic heterocycles. The third-order valence-corrected chi connectivity index (χ3v) is 4.93. The number of hydrogen-bond acceptors (Lipinski definition) is 7. The highest BCUT2D eigenvalue weighted by molar-refractivity contribution is 9.10. The molecule has 0 aliphatic heterocycles. The smallest absolute Gasteiger partial charge is 0.254 e. The van der Waals surface area contributed by atoms with E-state index in [4.69, 9.17) is 10.5 Å². The van der Waals surface area contributed by atoms with Gasteiger partial charge in [-0.2, -0.15) is 9.50 Å². The van der Waals surface area contributed by atoms with Gasteiger partial charge in [0.25, 0.3) is 5.78 Å². The molecule has 0 spiro atoms. The van der Waals surface area contributed by atoms with Crippen LogP contribution < -0.4 is 15.8 Å². The quantitative estimate of drug-likeness (QED) is 0.460. The van der Waals surface area contributed by atoms with Crippen LogP contribution in [-0.2, 0) is 11.2 Å². The topological polar surface area (TPSA) is 120 Å². The summed E-state index contributed by atoms with van der Waals surface area (Å²) < 4.78 is 8.16. The van der Waals surface area contributed by atoms with E-state index in [0.29, 0.717) is 28.8 Å². The molecule has 0 unspecified atom stereocenters. The number of hydrogen-bond donors (Lipinski definition) is 2. The molecule has 152 valence electrons. The molecule has 0 bridgehead atoms. The minimum absolute atomic E-state index is 0.136. The minimum atomic E-state index is -0.196. The molecule has 0 aliphatic rings. The van der Waals surface area contributed by atoms with Crippen LogP contribution in [0.1, 0.15) is 17.0 Å². The van der Waals surface area contributed by atoms with Crippen LogP contribution in [0.2, 0.25) is 0 Å². The molecule has 0 atom stereocenters. The zero-order valence-corrected chi connectivity index (χ0v) is 17.8. The number of halogens is 1. The van der Waals surface area contributed by atoms with Crippen LogP contribution in [0.15, 0.2) is 47.1 Å². The molecule has 10 heteroatoms. The summed E-state index contributed by atoms with van der Waals surface area (Å²) in [5, 5.41) is 6.95. The summed E-state index contributed by atoms with van der Waals surface area (Å²) in [6.45, 7) is 3.68. The number of fused-ring (bicyclic) bond motifs is 1. The first-order valence-corrected chi connectivity index (χ1v) is 9.86. The zero-order valence-electron chi connectivity index (χ0n) is 16.3. The van der Waals surface area contributed by atoms with Gasteiger partial charge in [0.05, 0.1) is 18.3 Å². The van der Waals surface area contributed by atoms with Crippen molar-refractivity contribution in [2.75, 3.05) is 11.1 Å². The van der Waals surface area contributed by atoms with Crippen LogP contribution in [0.4, 0.5) is 11.6 Å². The van der Waals surface area contributed by atoms with Crippen molar-refractivity contribution < 1.29 is 9.53 Å². The predicted molar refractivity (Wildman–Crippen MR) is 115 cm³/mol. The minimum Gasteiger partial charge on any atom is -0.439 e. The van der Waals surface area contributed by atoms with Gasteiger partial charge in [-0.3, -0.25) is 4.79 Å². The fourth-order valence-corrected chi connectivity index (χ4v) is 3.39. The van der Waals surface area contributed by atoms with Gasteiger partial charge in [-0.1, -0.05) is 22.0 Å². The molecule has 1 amide bonds. The standard InChI is InChI=1S/C20H18BrN7O2/c1-11-16(12(2)28-20(24-11)26-19(22)27-28)9-17(29)25-14-6-7-18(23-10-14)30-15-5-3-4-13(21)8-15/h3-8,10H,9H2,1-2H3,(H2,22,27)(H,25,29). The maximum absolute atomic E-state index is 12.6. The Morgan fingerprint density at radius 1 is 1.23 bits per heavy atom. The largest absolute Gasteiger partial charge is 0.439 e. The van der Waals surface area contributed by atoms with E-state index in [2.05, 4.69) is 41.3 Å². The van der Waals surface area contributed by atoms with Gasteiger partial charge in [0.2, 0.25) is 17.7 Å². The number of benzene rings is 1. The van der Waals surface area contributed by atoms with Crippen LogP contribution in [0, 0.1) is 13.8 Å². The van der Waals surface area contributed by atoms with Crippen LogP contribution >= 0.6 is 15.9 Å². The summed E-state index contributed by atoms with van der Waals surface area (Å²) in [7, 11) is 0. The molecule has 0 saturated heterocycles. The van der Waals surface area contributed by atoms with Crippen molar-refractivity contribution in [2.45, 2.75) is 20.3 Å². The third kappa shape index (κ3) is 4.23. The number of nitrogens with two attached hydrogens (primary N) is 1. The Kier molecular flexibility index (Phi) is 5.32. The summed E-state index contributed by atoms with van der Waals surface area (Å²) in [5.41, 5.74) is 8.46. The van der Waals surface area contributed by atoms with Crippen LogP contribution in [0.25, 0.3) is 5.78 Å². The molecular formula is C20H18BrN7O2. The Morgan fingerprint density at radius 2 is 2.07 bits per heavy atom. The van der Waals surface area contributed by atoms with Crippen molar-refractivity contribution >= 4 is 39.3 Å². The average molecular weight is 468 g/mol. The van der Waals surface area contributed by atoms with E-state index in [1.807, 2.05) is 38.1 Å². The van der Waals surface area contributed by atoms with E-state index < -0.39 is 0 Å². The number of rotatable bonds is 5. The SMILES string of the molecule is Cc1nc2nc(N)nn2c(C)c1CC(=O)Nc1ccc(Oc2cccc(Br)c2)nc1. The zero-order chi connectivity index (χ0) is 21.3. The molecule has 0 fully saturated rings. The van der Waals surface area contributed by atoms with Gasteiger partial charge in [0.15, 0.2) is 0 Å². The number of pyridine rings is 1. The molecule has 3 heterocycles. The Labute approximate surface area is 180 Å². The number of nitrogens with zero attached hydrogens (tertiary/aromatic N) is 5. The summed E-state index contributed by atoms with van der Waals surface area (Å²) in [5.74, 6) is 1.45. The lowest BCUT2D eigenvalue weighted by atomic mass is 10.1. The lowest BCUT2D eigenvalue weighted by molar-refractivity contribution is -0.115. The van der Waals surface area contributed by atoms with Gasteiger partial charge in [-0.15, -0.1) is 5.10 Å². The predicted octanol–water partition coefficient (Wildman–Crippen LogP) is 3.45. The van der Waals surface area contributed by atoms with E-state index in [9.17, 15) is 4.79 Å². The van der Waals surface area contributed by atoms with Gasteiger partial charge in [0.1, 0.15) is 5.75 Å². The fraction of sp³-hybridized carbons (Fsp3) is 0.150. The van der Waals surface area contributed by atoms with Gasteiger partial charge in [0, 0.05) is 27.5 Å². The highest BCUT2D eigenvalue weighted by Crippen LogP contribution is 2.24. The van der Waals surface area contributed by atoms with E-state index in [0.717, 1.165) is 15.7 Å². The molecule has 30 heavy (non-hydrogen) atoms. The molecule has 4 aromatic rings. The van der Waals surface area contributed by atoms with Crippen molar-refractivity contribution in [3.05, 3.63) is 64.0 Å². The number of nitrogen functional groups attached to an aromatic ring is 1. The first-order valence-electron chi connectivity index (χ1n) is 9.06. The first kappa shape index (κ1) is 19.8. The van der Waals surface area contributed by atoms with E-state index in [-0.39, 0.29) is 18.3 Å². The number of amides is 1. The molecule has 0 saturated carbocycles. The van der Waals surface area contributed by atoms with Crippen LogP contribution in [0.3, 0.4) is 0 Å². The van der Waals surface area contributed by atoms with E-state index in [1.54, 1.807) is 22.8 Å². The Hall–Kier alpha value is -3.53. The summed E-state index contributed by atoms with van der Waals surface area (Å²) in [4.78, 5) is 25.2. The lowest BCUT2D eigenvalue weighted by Crippen LogP contribution is -2.18. The molecule has 9 nitrogen and oxygen atoms in total. The summed E-state index contributed by atoms with van der Waals surface area (Å²) in [6, 6.07) is 10.9. The maximum atomic E-state index is 12.6. The van der Waals surface area contributed by atoms with Gasteiger partial charge < -0.3 is 15.8 Å². The highest BCUT2D eigenvalue weighted by Gasteiger charge is 2.15. The number of anilines is 2. The first-order chi connectivity index (χ1) is 14.4. The number of carbonyl (C=O) groups excluding carboxylic acids is 1. The van der Waals surface area contributed by atoms with Crippen LogP contribution in [0.5, 0.6) is 11.6 Å². The molecule has 0 radical (unpaired) electrons. The van der Waals surface area contributed by atoms with Crippen molar-refractivity contribution in [3.63, 3.8) is 0 Å². The third-order valence-electron chi connectivity index (χ3n) is 4.44. The van der Waals surface area contributed by atoms with Crippen molar-refractivity contribution in [1.29, 1.82) is 0 Å². The number of nitrogens with one attached hydrogen (secondary N) is 1. The maximum Gasteiger partial charge on any atom is 0.254 e. The Bertz CT molecular complexity index is 1240. The number of ether oxygens (including phenoxy) is 1. The number of aromatic nitrogens is 5. The highest BCUT2D eigenvalue weighted by atomic mass is 79.9. The number of aryl methyl sites for hydroxylation is 2. The monoisotopic (exact) mass is 467 g/mol. The van der Waals surface area contributed by atoms with Crippen molar-refractivity contribution in [3.8, 4) is 11.6 Å². The second-order valence-corrected chi connectivity index (χ2v) is 7.53. The van der Waals surface area contributed by atoms with E-state index in [1.165, 1.54) is 0 Å². The fourth-order valence-electron chi connectivity index (χ4n) is 3.01. The van der Waals surface area contributed by atoms with E-state index >= 15 is 0 Å².